The van der Waals surface area contributed by atoms with Gasteiger partial charge in [-0.05, 0) is 85.4 Å². The molecular weight excluding hydrogens is 835 g/mol. The number of H-pyrrole nitrogens is 1. The summed E-state index contributed by atoms with van der Waals surface area (Å²) in [5.74, 6) is -3.04. The fourth-order valence-electron chi connectivity index (χ4n) is 8.27. The fourth-order valence-corrected chi connectivity index (χ4v) is 9.20. The van der Waals surface area contributed by atoms with Crippen molar-refractivity contribution in [2.75, 3.05) is 69.0 Å². The molecule has 15 nitrogen and oxygen atoms in total. The van der Waals surface area contributed by atoms with Gasteiger partial charge >= 0.3 is 10.2 Å². The molecule has 18 heteroatoms. The number of anilines is 2. The van der Waals surface area contributed by atoms with Crippen LogP contribution in [0.3, 0.4) is 0 Å². The summed E-state index contributed by atoms with van der Waals surface area (Å²) < 4.78 is 64.6. The molecule has 0 bridgehead atoms. The Morgan fingerprint density at radius 3 is 2.32 bits per heavy atom. The number of likely N-dealkylation sites (tertiary alicyclic amines) is 1. The summed E-state index contributed by atoms with van der Waals surface area (Å²) in [6, 6.07) is 19.1. The highest BCUT2D eigenvalue weighted by Gasteiger charge is 2.30. The normalized spacial score (nSPS) is 17.9. The molecule has 3 amide bonds. The zero-order chi connectivity index (χ0) is 44.4. The van der Waals surface area contributed by atoms with Crippen LogP contribution in [0.2, 0.25) is 0 Å². The molecule has 1 unspecified atom stereocenters. The number of imide groups is 1. The first-order valence-electron chi connectivity index (χ1n) is 21.0. The molecule has 2 aromatic heterocycles. The van der Waals surface area contributed by atoms with Gasteiger partial charge in [0, 0.05) is 87.2 Å². The highest BCUT2D eigenvalue weighted by molar-refractivity contribution is 7.90. The number of piperazine rings is 1. The number of pyridine rings is 1. The van der Waals surface area contributed by atoms with Gasteiger partial charge in [-0.1, -0.05) is 31.2 Å². The Labute approximate surface area is 363 Å². The first-order valence-corrected chi connectivity index (χ1v) is 22.4. The van der Waals surface area contributed by atoms with Crippen molar-refractivity contribution in [2.24, 2.45) is 0 Å². The summed E-state index contributed by atoms with van der Waals surface area (Å²) >= 11 is 0. The number of nitrogens with zero attached hydrogens (tertiary/aromatic N) is 5. The Kier molecular flexibility index (Phi) is 12.6. The molecule has 3 aromatic carbocycles. The molecule has 330 valence electrons. The number of rotatable bonds is 13. The molecule has 3 N–H and O–H groups in total. The lowest BCUT2D eigenvalue weighted by Gasteiger charge is -2.38. The number of hydrogen-bond acceptors (Lipinski definition) is 10. The standard InChI is InChI=1S/C45H48F2N8O7S/c1-3-52(2)63(60,61)51-37-13-12-36(46)41(42(37)47)43(58)35-26-49-44-34(35)24-31(25-48-44)29-4-8-32(9-5-29)54-20-22-55(23-21-54)40(57)27-53-18-16-30(17-19-53)28-6-10-33(11-7-28)62-38-14-15-39(56)50-45(38)59/h4-13,24-26,30,38,51H,3,14-23,27H2,1-2H3,(H,48,49)(H,50,56,59). The van der Waals surface area contributed by atoms with E-state index in [1.54, 1.807) is 19.2 Å². The summed E-state index contributed by atoms with van der Waals surface area (Å²) in [7, 11) is -2.84. The minimum absolute atomic E-state index is 0.0282. The third kappa shape index (κ3) is 9.43. The number of ether oxygens (including phenoxy) is 1. The van der Waals surface area contributed by atoms with E-state index in [0.717, 1.165) is 53.6 Å². The van der Waals surface area contributed by atoms with Crippen LogP contribution in [0.25, 0.3) is 22.2 Å². The minimum Gasteiger partial charge on any atom is -0.481 e. The Morgan fingerprint density at radius 2 is 1.63 bits per heavy atom. The quantitative estimate of drug-likeness (QED) is 0.107. The van der Waals surface area contributed by atoms with Crippen molar-refractivity contribution in [1.29, 1.82) is 0 Å². The largest absolute Gasteiger partial charge is 0.481 e. The molecule has 0 radical (unpaired) electrons. The monoisotopic (exact) mass is 882 g/mol. The van der Waals surface area contributed by atoms with E-state index in [4.69, 9.17) is 4.74 Å². The lowest BCUT2D eigenvalue weighted by molar-refractivity contribution is -0.139. The van der Waals surface area contributed by atoms with Crippen LogP contribution in [0, 0.1) is 11.6 Å². The van der Waals surface area contributed by atoms with Crippen LogP contribution in [0.4, 0.5) is 20.2 Å². The second-order valence-corrected chi connectivity index (χ2v) is 17.8. The van der Waals surface area contributed by atoms with Crippen LogP contribution in [-0.2, 0) is 24.6 Å². The second kappa shape index (κ2) is 18.2. The van der Waals surface area contributed by atoms with Crippen LogP contribution in [0.5, 0.6) is 5.75 Å². The van der Waals surface area contributed by atoms with Gasteiger partial charge in [0.2, 0.25) is 17.6 Å². The van der Waals surface area contributed by atoms with E-state index in [1.165, 1.54) is 18.8 Å². The summed E-state index contributed by atoms with van der Waals surface area (Å²) in [5, 5.41) is 2.66. The van der Waals surface area contributed by atoms with Gasteiger partial charge < -0.3 is 19.5 Å². The van der Waals surface area contributed by atoms with Gasteiger partial charge in [-0.2, -0.15) is 12.7 Å². The first kappa shape index (κ1) is 43.4. The number of piperidine rings is 2. The lowest BCUT2D eigenvalue weighted by Crippen LogP contribution is -2.51. The van der Waals surface area contributed by atoms with E-state index in [-0.39, 0.29) is 30.3 Å². The molecule has 0 spiro atoms. The van der Waals surface area contributed by atoms with Crippen LogP contribution >= 0.6 is 0 Å². The number of nitrogens with one attached hydrogen (secondary N) is 3. The number of aromatic nitrogens is 2. The maximum absolute atomic E-state index is 15.6. The molecule has 8 rings (SSSR count). The number of amides is 3. The Hall–Kier alpha value is -6.24. The predicted octanol–water partition coefficient (Wildman–Crippen LogP) is 5.06. The predicted molar refractivity (Wildman–Crippen MR) is 233 cm³/mol. The molecular formula is C45H48F2N8O7S. The van der Waals surface area contributed by atoms with Crippen LogP contribution in [-0.4, -0.2) is 122 Å². The van der Waals surface area contributed by atoms with Crippen LogP contribution < -0.4 is 19.7 Å². The SMILES string of the molecule is CCN(C)S(=O)(=O)Nc1ccc(F)c(C(=O)c2c[nH]c3ncc(-c4ccc(N5CCN(C(=O)CN6CCC(c7ccc(OC8CCC(=O)NC8=O)cc7)CC6)CC5)cc4)cc23)c1F. The van der Waals surface area contributed by atoms with E-state index in [2.05, 4.69) is 29.8 Å². The molecule has 3 aliphatic heterocycles. The van der Waals surface area contributed by atoms with Gasteiger partial charge in [-0.15, -0.1) is 0 Å². The number of benzene rings is 3. The number of ketones is 1. The molecule has 1 atom stereocenters. The number of hydrogen-bond donors (Lipinski definition) is 3. The minimum atomic E-state index is -4.14. The van der Waals surface area contributed by atoms with Crippen LogP contribution in [0.15, 0.2) is 79.1 Å². The number of fused-ring (bicyclic) bond motifs is 1. The van der Waals surface area contributed by atoms with E-state index in [0.29, 0.717) is 67.4 Å². The van der Waals surface area contributed by atoms with Crippen molar-refractivity contribution < 1.29 is 41.1 Å². The van der Waals surface area contributed by atoms with Crippen molar-refractivity contribution in [3.8, 4) is 16.9 Å². The molecule has 0 saturated carbocycles. The molecule has 3 saturated heterocycles. The van der Waals surface area contributed by atoms with E-state index >= 15 is 8.78 Å². The van der Waals surface area contributed by atoms with Crippen molar-refractivity contribution in [1.82, 2.24) is 29.4 Å². The van der Waals surface area contributed by atoms with Crippen molar-refractivity contribution in [2.45, 2.75) is 44.6 Å². The Morgan fingerprint density at radius 1 is 0.921 bits per heavy atom. The van der Waals surface area contributed by atoms with Gasteiger partial charge in [0.25, 0.3) is 5.91 Å². The molecule has 3 aliphatic rings. The first-order chi connectivity index (χ1) is 30.3. The zero-order valence-corrected chi connectivity index (χ0v) is 35.7. The van der Waals surface area contributed by atoms with E-state index in [9.17, 15) is 27.6 Å². The van der Waals surface area contributed by atoms with Gasteiger partial charge in [-0.3, -0.25) is 34.1 Å². The van der Waals surface area contributed by atoms with Crippen molar-refractivity contribution in [3.63, 3.8) is 0 Å². The van der Waals surface area contributed by atoms with E-state index in [1.807, 2.05) is 53.4 Å². The number of halogens is 2. The maximum Gasteiger partial charge on any atom is 0.301 e. The van der Waals surface area contributed by atoms with Crippen molar-refractivity contribution in [3.05, 3.63) is 107 Å². The average Bonchev–Trinajstić information content (AvgIpc) is 3.72. The molecule has 5 heterocycles. The summed E-state index contributed by atoms with van der Waals surface area (Å²) in [4.78, 5) is 64.2. The molecule has 63 heavy (non-hydrogen) atoms. The van der Waals surface area contributed by atoms with Gasteiger partial charge in [-0.25, -0.2) is 13.8 Å². The topological polar surface area (TPSA) is 177 Å². The van der Waals surface area contributed by atoms with Crippen molar-refractivity contribution >= 4 is 56.1 Å². The number of carbonyl (C=O) groups excluding carboxylic acids is 4. The third-order valence-electron chi connectivity index (χ3n) is 12.2. The summed E-state index contributed by atoms with van der Waals surface area (Å²) in [6.07, 6.45) is 4.78. The molecule has 3 fully saturated rings. The van der Waals surface area contributed by atoms with E-state index < -0.39 is 50.9 Å². The lowest BCUT2D eigenvalue weighted by atomic mass is 9.89. The highest BCUT2D eigenvalue weighted by Crippen LogP contribution is 2.32. The van der Waals surface area contributed by atoms with Gasteiger partial charge in [0.15, 0.2) is 11.9 Å². The summed E-state index contributed by atoms with van der Waals surface area (Å²) in [5.41, 5.74) is 2.51. The van der Waals surface area contributed by atoms with Gasteiger partial charge in [0.05, 0.1) is 17.8 Å². The Balaban J connectivity index is 0.834. The highest BCUT2D eigenvalue weighted by atomic mass is 32.2. The average molecular weight is 883 g/mol. The fraction of sp³-hybridized carbons (Fsp3) is 0.356. The third-order valence-corrected chi connectivity index (χ3v) is 13.7. The summed E-state index contributed by atoms with van der Waals surface area (Å²) in [6.45, 7) is 6.25. The second-order valence-electron chi connectivity index (χ2n) is 16.0. The molecule has 5 aromatic rings. The zero-order valence-electron chi connectivity index (χ0n) is 34.9. The number of carbonyl (C=O) groups is 4. The van der Waals surface area contributed by atoms with Crippen LogP contribution in [0.1, 0.15) is 60.0 Å². The molecule has 0 aliphatic carbocycles. The maximum atomic E-state index is 15.6. The smallest absolute Gasteiger partial charge is 0.301 e. The number of aromatic amines is 1. The van der Waals surface area contributed by atoms with Gasteiger partial charge in [0.1, 0.15) is 17.2 Å². The Bertz CT molecular complexity index is 2640.